The summed E-state index contributed by atoms with van der Waals surface area (Å²) in [5, 5.41) is 10.5. The van der Waals surface area contributed by atoms with E-state index >= 15 is 0 Å². The Morgan fingerprint density at radius 2 is 2.12 bits per heavy atom. The SMILES string of the molecule is Cn1cc(O)nc1Cc1ccc(Cl)cc1Cl. The Bertz CT molecular complexity index is 523. The number of imidazole rings is 1. The normalized spacial score (nSPS) is 10.7. The van der Waals surface area contributed by atoms with Crippen molar-refractivity contribution in [1.29, 1.82) is 0 Å². The minimum absolute atomic E-state index is 0.0163. The van der Waals surface area contributed by atoms with E-state index in [0.29, 0.717) is 16.5 Å². The number of benzene rings is 1. The molecule has 0 fully saturated rings. The van der Waals surface area contributed by atoms with E-state index in [4.69, 9.17) is 23.2 Å². The number of hydrogen-bond acceptors (Lipinski definition) is 2. The molecular weight excluding hydrogens is 247 g/mol. The monoisotopic (exact) mass is 256 g/mol. The highest BCUT2D eigenvalue weighted by Gasteiger charge is 2.08. The van der Waals surface area contributed by atoms with Gasteiger partial charge in [0.05, 0.1) is 6.20 Å². The molecule has 2 aromatic rings. The first-order chi connectivity index (χ1) is 7.56. The Morgan fingerprint density at radius 1 is 1.38 bits per heavy atom. The fraction of sp³-hybridized carbons (Fsp3) is 0.182. The lowest BCUT2D eigenvalue weighted by Gasteiger charge is -2.04. The van der Waals surface area contributed by atoms with Gasteiger partial charge in [-0.25, -0.2) is 0 Å². The molecule has 0 spiro atoms. The molecule has 0 radical (unpaired) electrons. The van der Waals surface area contributed by atoms with Gasteiger partial charge in [-0.05, 0) is 17.7 Å². The maximum atomic E-state index is 9.24. The molecule has 0 aliphatic rings. The fourth-order valence-corrected chi connectivity index (χ4v) is 1.96. The van der Waals surface area contributed by atoms with E-state index in [1.165, 1.54) is 0 Å². The molecule has 1 aromatic heterocycles. The zero-order valence-electron chi connectivity index (χ0n) is 8.61. The van der Waals surface area contributed by atoms with Crippen molar-refractivity contribution in [2.45, 2.75) is 6.42 Å². The lowest BCUT2D eigenvalue weighted by Crippen LogP contribution is -1.98. The molecule has 0 unspecified atom stereocenters. The van der Waals surface area contributed by atoms with Crippen molar-refractivity contribution in [2.75, 3.05) is 0 Å². The first-order valence-electron chi connectivity index (χ1n) is 4.71. The molecule has 2 rings (SSSR count). The molecule has 0 aliphatic heterocycles. The Labute approximate surface area is 103 Å². The smallest absolute Gasteiger partial charge is 0.229 e. The number of hydrogen-bond donors (Lipinski definition) is 1. The second-order valence-electron chi connectivity index (χ2n) is 3.54. The van der Waals surface area contributed by atoms with Crippen LogP contribution in [0, 0.1) is 0 Å². The van der Waals surface area contributed by atoms with Crippen LogP contribution in [0.4, 0.5) is 0 Å². The third-order valence-electron chi connectivity index (χ3n) is 2.32. The van der Waals surface area contributed by atoms with Crippen LogP contribution in [-0.4, -0.2) is 14.7 Å². The van der Waals surface area contributed by atoms with E-state index in [0.717, 1.165) is 11.4 Å². The Morgan fingerprint density at radius 3 is 2.69 bits per heavy atom. The van der Waals surface area contributed by atoms with E-state index in [1.54, 1.807) is 22.9 Å². The average Bonchev–Trinajstić information content (AvgIpc) is 2.50. The third kappa shape index (κ3) is 2.31. The van der Waals surface area contributed by atoms with Gasteiger partial charge in [-0.15, -0.1) is 0 Å². The number of aryl methyl sites for hydroxylation is 1. The van der Waals surface area contributed by atoms with Gasteiger partial charge in [-0.2, -0.15) is 4.98 Å². The molecule has 3 nitrogen and oxygen atoms in total. The highest BCUT2D eigenvalue weighted by molar-refractivity contribution is 6.35. The van der Waals surface area contributed by atoms with Crippen LogP contribution >= 0.6 is 23.2 Å². The predicted octanol–water partition coefficient (Wildman–Crippen LogP) is 3.02. The van der Waals surface area contributed by atoms with Crippen LogP contribution in [0.1, 0.15) is 11.4 Å². The molecular formula is C11H10Cl2N2O. The van der Waals surface area contributed by atoms with Gasteiger partial charge in [-0.1, -0.05) is 29.3 Å². The largest absolute Gasteiger partial charge is 0.492 e. The van der Waals surface area contributed by atoms with Crippen molar-refractivity contribution < 1.29 is 5.11 Å². The van der Waals surface area contributed by atoms with Gasteiger partial charge in [0.15, 0.2) is 0 Å². The molecule has 0 saturated heterocycles. The molecule has 16 heavy (non-hydrogen) atoms. The van der Waals surface area contributed by atoms with Crippen molar-refractivity contribution in [3.8, 4) is 5.88 Å². The summed E-state index contributed by atoms with van der Waals surface area (Å²) in [5.74, 6) is 0.768. The van der Waals surface area contributed by atoms with Crippen LogP contribution in [0.15, 0.2) is 24.4 Å². The number of nitrogens with zero attached hydrogens (tertiary/aromatic N) is 2. The third-order valence-corrected chi connectivity index (χ3v) is 2.91. The minimum atomic E-state index is 0.0163. The average molecular weight is 257 g/mol. The zero-order chi connectivity index (χ0) is 11.7. The van der Waals surface area contributed by atoms with E-state index in [9.17, 15) is 5.11 Å². The Balaban J connectivity index is 2.30. The van der Waals surface area contributed by atoms with E-state index in [1.807, 2.05) is 13.1 Å². The molecule has 84 valence electrons. The summed E-state index contributed by atoms with van der Waals surface area (Å²) in [4.78, 5) is 4.00. The highest BCUT2D eigenvalue weighted by atomic mass is 35.5. The van der Waals surface area contributed by atoms with Gasteiger partial charge in [-0.3, -0.25) is 0 Å². The van der Waals surface area contributed by atoms with Crippen molar-refractivity contribution in [3.63, 3.8) is 0 Å². The number of aromatic hydroxyl groups is 1. The maximum absolute atomic E-state index is 9.24. The number of aromatic nitrogens is 2. The number of rotatable bonds is 2. The Hall–Kier alpha value is -1.19. The number of halogens is 2. The van der Waals surface area contributed by atoms with Crippen molar-refractivity contribution in [3.05, 3.63) is 45.8 Å². The van der Waals surface area contributed by atoms with Crippen LogP contribution < -0.4 is 0 Å². The summed E-state index contributed by atoms with van der Waals surface area (Å²) in [6.45, 7) is 0. The van der Waals surface area contributed by atoms with Gasteiger partial charge in [0.1, 0.15) is 5.82 Å². The molecule has 0 bridgehead atoms. The summed E-state index contributed by atoms with van der Waals surface area (Å²) in [6, 6.07) is 5.34. The first-order valence-corrected chi connectivity index (χ1v) is 5.47. The van der Waals surface area contributed by atoms with Crippen LogP contribution in [0.5, 0.6) is 5.88 Å². The van der Waals surface area contributed by atoms with Crippen LogP contribution in [-0.2, 0) is 13.5 Å². The summed E-state index contributed by atoms with van der Waals surface area (Å²) in [6.07, 6.45) is 2.12. The lowest BCUT2D eigenvalue weighted by atomic mass is 10.1. The molecule has 1 heterocycles. The van der Waals surface area contributed by atoms with Gasteiger partial charge in [0.2, 0.25) is 5.88 Å². The molecule has 0 aliphatic carbocycles. The molecule has 0 saturated carbocycles. The van der Waals surface area contributed by atoms with Crippen LogP contribution in [0.25, 0.3) is 0 Å². The van der Waals surface area contributed by atoms with Crippen LogP contribution in [0.2, 0.25) is 10.0 Å². The topological polar surface area (TPSA) is 38.0 Å². The van der Waals surface area contributed by atoms with E-state index in [2.05, 4.69) is 4.98 Å². The molecule has 5 heteroatoms. The standard InChI is InChI=1S/C11H10Cl2N2O/c1-15-6-11(16)14-10(15)4-7-2-3-8(12)5-9(7)13/h2-3,5-6,16H,4H2,1H3. The summed E-state index contributed by atoms with van der Waals surface area (Å²) in [5.41, 5.74) is 0.930. The van der Waals surface area contributed by atoms with Gasteiger partial charge in [0.25, 0.3) is 0 Å². The molecule has 1 N–H and O–H groups in total. The van der Waals surface area contributed by atoms with Gasteiger partial charge >= 0.3 is 0 Å². The quantitative estimate of drug-likeness (QED) is 0.897. The van der Waals surface area contributed by atoms with Gasteiger partial charge < -0.3 is 9.67 Å². The zero-order valence-corrected chi connectivity index (χ0v) is 10.1. The molecule has 1 aromatic carbocycles. The van der Waals surface area contributed by atoms with Crippen LogP contribution in [0.3, 0.4) is 0 Å². The second-order valence-corrected chi connectivity index (χ2v) is 4.38. The molecule has 0 atom stereocenters. The van der Waals surface area contributed by atoms with Crippen molar-refractivity contribution >= 4 is 23.2 Å². The summed E-state index contributed by atoms with van der Waals surface area (Å²) >= 11 is 11.9. The Kier molecular flexibility index (Phi) is 3.08. The highest BCUT2D eigenvalue weighted by Crippen LogP contribution is 2.23. The predicted molar refractivity (Wildman–Crippen MR) is 64.1 cm³/mol. The van der Waals surface area contributed by atoms with E-state index in [-0.39, 0.29) is 5.88 Å². The second kappa shape index (κ2) is 4.36. The summed E-state index contributed by atoms with van der Waals surface area (Å²) < 4.78 is 1.76. The van der Waals surface area contributed by atoms with Crippen molar-refractivity contribution in [1.82, 2.24) is 9.55 Å². The minimum Gasteiger partial charge on any atom is -0.492 e. The van der Waals surface area contributed by atoms with Crippen molar-refractivity contribution in [2.24, 2.45) is 7.05 Å². The maximum Gasteiger partial charge on any atom is 0.229 e. The summed E-state index contributed by atoms with van der Waals surface area (Å²) in [7, 11) is 1.83. The van der Waals surface area contributed by atoms with Gasteiger partial charge in [0, 0.05) is 23.5 Å². The molecule has 0 amide bonds. The lowest BCUT2D eigenvalue weighted by molar-refractivity contribution is 0.455. The first kappa shape index (κ1) is 11.3. The fourth-order valence-electron chi connectivity index (χ4n) is 1.49. The van der Waals surface area contributed by atoms with E-state index < -0.39 is 0 Å².